The predicted molar refractivity (Wildman–Crippen MR) is 148 cm³/mol. The van der Waals surface area contributed by atoms with Crippen molar-refractivity contribution in [2.24, 2.45) is 0 Å². The third-order valence-electron chi connectivity index (χ3n) is 6.01. The van der Waals surface area contributed by atoms with Crippen LogP contribution in [0.25, 0.3) is 10.6 Å². The summed E-state index contributed by atoms with van der Waals surface area (Å²) in [5.74, 6) is 2.87. The minimum absolute atomic E-state index is 0.371. The summed E-state index contributed by atoms with van der Waals surface area (Å²) in [7, 11) is 3.84. The fourth-order valence-electron chi connectivity index (χ4n) is 3.98. The number of aromatic nitrogens is 3. The van der Waals surface area contributed by atoms with Gasteiger partial charge in [0.2, 0.25) is 0 Å². The summed E-state index contributed by atoms with van der Waals surface area (Å²) in [6, 6.07) is 7.59. The molecule has 194 valence electrons. The maximum absolute atomic E-state index is 6.18. The standard InChI is InChI=1S/C25H35N7O2S2/c1-4-5-21-18(16-35-25-29-22(26)15-23(27)30-25)28-24(36-21)17-6-7-19(33-3)20(14-17)34-13-12-32-10-8-31(2)9-11-32/h6-7,14-15H,4-5,8-13,16H2,1-3H3,(H4,26,27,29,30). The van der Waals surface area contributed by atoms with Crippen LogP contribution in [0.5, 0.6) is 11.5 Å². The molecule has 0 atom stereocenters. The van der Waals surface area contributed by atoms with Crippen LogP contribution in [-0.4, -0.2) is 78.2 Å². The number of likely N-dealkylation sites (N-methyl/N-ethyl adjacent to an activating group) is 1. The van der Waals surface area contributed by atoms with Crippen LogP contribution in [0.3, 0.4) is 0 Å². The van der Waals surface area contributed by atoms with Gasteiger partial charge in [-0.1, -0.05) is 25.1 Å². The van der Waals surface area contributed by atoms with Crippen LogP contribution in [0.2, 0.25) is 0 Å². The molecule has 3 heterocycles. The lowest BCUT2D eigenvalue weighted by molar-refractivity contribution is 0.133. The first kappa shape index (κ1) is 26.5. The van der Waals surface area contributed by atoms with Crippen LogP contribution in [0, 0.1) is 0 Å². The number of hydrogen-bond acceptors (Lipinski definition) is 11. The van der Waals surface area contributed by atoms with E-state index in [1.807, 2.05) is 18.2 Å². The molecular weight excluding hydrogens is 494 g/mol. The molecule has 1 aromatic carbocycles. The molecule has 3 aromatic rings. The maximum Gasteiger partial charge on any atom is 0.191 e. The Labute approximate surface area is 221 Å². The van der Waals surface area contributed by atoms with Crippen molar-refractivity contribution >= 4 is 34.7 Å². The molecule has 0 spiro atoms. The number of piperazine rings is 1. The summed E-state index contributed by atoms with van der Waals surface area (Å²) in [5, 5.41) is 1.53. The van der Waals surface area contributed by atoms with Crippen molar-refractivity contribution < 1.29 is 9.47 Å². The van der Waals surface area contributed by atoms with Gasteiger partial charge in [-0.2, -0.15) is 0 Å². The Morgan fingerprint density at radius 2 is 1.78 bits per heavy atom. The third-order valence-corrected chi connectivity index (χ3v) is 8.08. The molecule has 1 aliphatic heterocycles. The SMILES string of the molecule is CCCc1sc(-c2ccc(OC)c(OCCN3CCN(C)CC3)c2)nc1CSc1nc(N)cc(N)n1. The molecule has 1 aliphatic rings. The summed E-state index contributed by atoms with van der Waals surface area (Å²) < 4.78 is 11.8. The van der Waals surface area contributed by atoms with Gasteiger partial charge in [0, 0.05) is 55.0 Å². The molecule has 11 heteroatoms. The van der Waals surface area contributed by atoms with Crippen molar-refractivity contribution in [3.8, 4) is 22.1 Å². The van der Waals surface area contributed by atoms with E-state index in [9.17, 15) is 0 Å². The molecule has 2 aromatic heterocycles. The van der Waals surface area contributed by atoms with Gasteiger partial charge in [0.05, 0.1) is 12.8 Å². The van der Waals surface area contributed by atoms with Crippen molar-refractivity contribution in [3.05, 3.63) is 34.8 Å². The number of rotatable bonds is 11. The fourth-order valence-corrected chi connectivity index (χ4v) is 6.09. The highest BCUT2D eigenvalue weighted by molar-refractivity contribution is 7.98. The van der Waals surface area contributed by atoms with E-state index >= 15 is 0 Å². The number of thioether (sulfide) groups is 1. The molecule has 0 unspecified atom stereocenters. The number of methoxy groups -OCH3 is 1. The maximum atomic E-state index is 6.18. The van der Waals surface area contributed by atoms with E-state index in [1.54, 1.807) is 24.5 Å². The molecule has 0 radical (unpaired) electrons. The fraction of sp³-hybridized carbons (Fsp3) is 0.480. The van der Waals surface area contributed by atoms with Crippen molar-refractivity contribution in [2.45, 2.75) is 30.7 Å². The second kappa shape index (κ2) is 12.6. The summed E-state index contributed by atoms with van der Waals surface area (Å²) in [6.07, 6.45) is 2.02. The summed E-state index contributed by atoms with van der Waals surface area (Å²) >= 11 is 3.22. The number of nitrogens with two attached hydrogens (primary N) is 2. The molecule has 4 N–H and O–H groups in total. The number of benzene rings is 1. The number of aryl methyl sites for hydroxylation is 1. The Morgan fingerprint density at radius 3 is 2.47 bits per heavy atom. The molecule has 1 saturated heterocycles. The van der Waals surface area contributed by atoms with Crippen molar-refractivity contribution in [2.75, 3.05) is 65.0 Å². The third kappa shape index (κ3) is 7.00. The molecule has 0 bridgehead atoms. The van der Waals surface area contributed by atoms with Crippen molar-refractivity contribution in [1.29, 1.82) is 0 Å². The Kier molecular flexibility index (Phi) is 9.24. The van der Waals surface area contributed by atoms with E-state index in [2.05, 4.69) is 33.7 Å². The largest absolute Gasteiger partial charge is 0.493 e. The zero-order valence-corrected chi connectivity index (χ0v) is 22.8. The van der Waals surface area contributed by atoms with E-state index in [-0.39, 0.29) is 0 Å². The predicted octanol–water partition coefficient (Wildman–Crippen LogP) is 3.64. The average molecular weight is 530 g/mol. The van der Waals surface area contributed by atoms with Crippen LogP contribution in [0.1, 0.15) is 23.9 Å². The number of anilines is 2. The molecule has 4 rings (SSSR count). The highest BCUT2D eigenvalue weighted by atomic mass is 32.2. The second-order valence-electron chi connectivity index (χ2n) is 8.79. The first-order valence-corrected chi connectivity index (χ1v) is 14.0. The lowest BCUT2D eigenvalue weighted by atomic mass is 10.2. The van der Waals surface area contributed by atoms with Gasteiger partial charge in [-0.3, -0.25) is 4.90 Å². The summed E-state index contributed by atoms with van der Waals surface area (Å²) in [4.78, 5) is 19.6. The number of hydrogen-bond donors (Lipinski definition) is 2. The van der Waals surface area contributed by atoms with E-state index in [1.165, 1.54) is 16.6 Å². The molecule has 0 aliphatic carbocycles. The first-order chi connectivity index (χ1) is 17.4. The Morgan fingerprint density at radius 1 is 1.03 bits per heavy atom. The van der Waals surface area contributed by atoms with Gasteiger partial charge in [-0.15, -0.1) is 11.3 Å². The minimum Gasteiger partial charge on any atom is -0.493 e. The number of thiazole rings is 1. The van der Waals surface area contributed by atoms with Crippen molar-refractivity contribution in [1.82, 2.24) is 24.8 Å². The molecule has 0 amide bonds. The quantitative estimate of drug-likeness (QED) is 0.282. The smallest absolute Gasteiger partial charge is 0.191 e. The first-order valence-electron chi connectivity index (χ1n) is 12.2. The highest BCUT2D eigenvalue weighted by Crippen LogP contribution is 2.37. The van der Waals surface area contributed by atoms with Crippen LogP contribution in [0.4, 0.5) is 11.6 Å². The van der Waals surface area contributed by atoms with Crippen LogP contribution < -0.4 is 20.9 Å². The lowest BCUT2D eigenvalue weighted by Gasteiger charge is -2.32. The van der Waals surface area contributed by atoms with Gasteiger partial charge >= 0.3 is 0 Å². The van der Waals surface area contributed by atoms with Gasteiger partial charge in [0.25, 0.3) is 0 Å². The number of nitrogen functional groups attached to an aromatic ring is 2. The minimum atomic E-state index is 0.371. The number of ether oxygens (including phenoxy) is 2. The van der Waals surface area contributed by atoms with Crippen LogP contribution >= 0.6 is 23.1 Å². The molecule has 0 saturated carbocycles. The van der Waals surface area contributed by atoms with E-state index in [0.29, 0.717) is 29.2 Å². The Balaban J connectivity index is 1.47. The van der Waals surface area contributed by atoms with Gasteiger partial charge in [-0.25, -0.2) is 15.0 Å². The lowest BCUT2D eigenvalue weighted by Crippen LogP contribution is -2.45. The molecular formula is C25H35N7O2S2. The number of nitrogens with zero attached hydrogens (tertiary/aromatic N) is 5. The summed E-state index contributed by atoms with van der Waals surface area (Å²) in [6.45, 7) is 8.04. The second-order valence-corrected chi connectivity index (χ2v) is 10.8. The highest BCUT2D eigenvalue weighted by Gasteiger charge is 2.17. The zero-order chi connectivity index (χ0) is 25.5. The normalized spacial score (nSPS) is 14.8. The van der Waals surface area contributed by atoms with Gasteiger partial charge in [0.1, 0.15) is 23.3 Å². The Hall–Kier alpha value is -2.60. The van der Waals surface area contributed by atoms with Crippen LogP contribution in [-0.2, 0) is 12.2 Å². The summed E-state index contributed by atoms with van der Waals surface area (Å²) in [5.41, 5.74) is 13.7. The van der Waals surface area contributed by atoms with E-state index in [4.69, 9.17) is 25.9 Å². The van der Waals surface area contributed by atoms with Crippen molar-refractivity contribution in [3.63, 3.8) is 0 Å². The molecule has 36 heavy (non-hydrogen) atoms. The monoisotopic (exact) mass is 529 g/mol. The van der Waals surface area contributed by atoms with Crippen LogP contribution in [0.15, 0.2) is 29.4 Å². The van der Waals surface area contributed by atoms with Gasteiger partial charge in [-0.05, 0) is 31.7 Å². The van der Waals surface area contributed by atoms with Gasteiger partial charge in [0.15, 0.2) is 16.7 Å². The van der Waals surface area contributed by atoms with E-state index in [0.717, 1.165) is 73.3 Å². The van der Waals surface area contributed by atoms with E-state index < -0.39 is 0 Å². The Bertz CT molecular complexity index is 1130. The zero-order valence-electron chi connectivity index (χ0n) is 21.2. The molecule has 1 fully saturated rings. The van der Waals surface area contributed by atoms with Gasteiger partial charge < -0.3 is 25.8 Å². The average Bonchev–Trinajstić information content (AvgIpc) is 3.26. The topological polar surface area (TPSA) is 116 Å². The molecule has 9 nitrogen and oxygen atoms in total.